The Labute approximate surface area is 100 Å². The van der Waals surface area contributed by atoms with Gasteiger partial charge < -0.3 is 5.73 Å². The maximum atomic E-state index is 5.72. The Bertz CT molecular complexity index is 601. The van der Waals surface area contributed by atoms with Crippen molar-refractivity contribution in [3.8, 4) is 0 Å². The summed E-state index contributed by atoms with van der Waals surface area (Å²) in [6.07, 6.45) is 1.95. The number of nitrogen functional groups attached to an aromatic ring is 1. The number of imidazole rings is 1. The molecule has 0 fully saturated rings. The van der Waals surface area contributed by atoms with E-state index >= 15 is 0 Å². The van der Waals surface area contributed by atoms with Gasteiger partial charge in [0, 0.05) is 21.5 Å². The Morgan fingerprint density at radius 3 is 2.93 bits per heavy atom. The van der Waals surface area contributed by atoms with E-state index in [2.05, 4.69) is 45.8 Å². The number of aromatic nitrogens is 2. The monoisotopic (exact) mass is 307 g/mol. The fourth-order valence-electron chi connectivity index (χ4n) is 1.71. The minimum Gasteiger partial charge on any atom is -0.399 e. The third kappa shape index (κ3) is 1.36. The number of nitrogens with zero attached hydrogens (tertiary/aromatic N) is 2. The molecule has 15 heavy (non-hydrogen) atoms. The molecule has 0 aliphatic rings. The number of benzene rings is 1. The number of pyridine rings is 1. The molecule has 0 atom stereocenters. The number of nitrogens with two attached hydrogens (primary N) is 1. The number of hydrogen-bond acceptors (Lipinski definition) is 2. The zero-order valence-corrected chi connectivity index (χ0v) is 9.97. The highest BCUT2D eigenvalue weighted by Gasteiger charge is 2.04. The average Bonchev–Trinajstić information content (AvgIpc) is 2.53. The first-order valence-electron chi connectivity index (χ1n) is 4.57. The summed E-state index contributed by atoms with van der Waals surface area (Å²) in [6, 6.07) is 9.98. The second-order valence-corrected chi connectivity index (χ2v) is 4.68. The van der Waals surface area contributed by atoms with Crippen molar-refractivity contribution in [3.63, 3.8) is 0 Å². The molecular weight excluding hydrogens is 299 g/mol. The van der Waals surface area contributed by atoms with Gasteiger partial charge in [-0.05, 0) is 46.9 Å². The summed E-state index contributed by atoms with van der Waals surface area (Å²) in [7, 11) is 0. The first-order chi connectivity index (χ1) is 7.24. The first-order valence-corrected chi connectivity index (χ1v) is 5.65. The lowest BCUT2D eigenvalue weighted by molar-refractivity contribution is 1.23. The van der Waals surface area contributed by atoms with E-state index in [1.165, 1.54) is 3.57 Å². The van der Waals surface area contributed by atoms with Gasteiger partial charge in [-0.2, -0.15) is 0 Å². The van der Waals surface area contributed by atoms with Gasteiger partial charge in [0.25, 0.3) is 0 Å². The van der Waals surface area contributed by atoms with Crippen LogP contribution in [-0.2, 0) is 0 Å². The van der Waals surface area contributed by atoms with Crippen molar-refractivity contribution < 1.29 is 0 Å². The summed E-state index contributed by atoms with van der Waals surface area (Å²) in [6.45, 7) is 0. The lowest BCUT2D eigenvalue weighted by atomic mass is 10.3. The Hall–Kier alpha value is -1.30. The van der Waals surface area contributed by atoms with E-state index in [4.69, 9.17) is 5.73 Å². The molecule has 1 aromatic carbocycles. The molecule has 0 saturated carbocycles. The largest absolute Gasteiger partial charge is 0.399 e. The van der Waals surface area contributed by atoms with Gasteiger partial charge in [0.15, 0.2) is 0 Å². The molecule has 0 amide bonds. The molecule has 4 heteroatoms. The molecule has 3 nitrogen and oxygen atoms in total. The van der Waals surface area contributed by atoms with Crippen molar-refractivity contribution in [1.29, 1.82) is 0 Å². The normalized spacial score (nSPS) is 11.3. The van der Waals surface area contributed by atoms with Crippen molar-refractivity contribution in [2.45, 2.75) is 0 Å². The van der Waals surface area contributed by atoms with Crippen LogP contribution in [0.3, 0.4) is 0 Å². The van der Waals surface area contributed by atoms with Crippen LogP contribution >= 0.6 is 22.6 Å². The zero-order chi connectivity index (χ0) is 10.4. The van der Waals surface area contributed by atoms with Crippen LogP contribution in [0.25, 0.3) is 16.7 Å². The van der Waals surface area contributed by atoms with E-state index in [0.29, 0.717) is 0 Å². The molecule has 0 aliphatic heterocycles. The highest BCUT2D eigenvalue weighted by molar-refractivity contribution is 14.1. The zero-order valence-electron chi connectivity index (χ0n) is 7.81. The van der Waals surface area contributed by atoms with E-state index in [9.17, 15) is 0 Å². The maximum absolute atomic E-state index is 5.72. The topological polar surface area (TPSA) is 43.3 Å². The molecule has 3 aromatic rings. The van der Waals surface area contributed by atoms with E-state index in [0.717, 1.165) is 22.4 Å². The summed E-state index contributed by atoms with van der Waals surface area (Å²) < 4.78 is 3.23. The summed E-state index contributed by atoms with van der Waals surface area (Å²) in [4.78, 5) is 4.52. The molecule has 74 valence electrons. The van der Waals surface area contributed by atoms with Crippen molar-refractivity contribution >= 4 is 45.0 Å². The van der Waals surface area contributed by atoms with Crippen LogP contribution in [0.1, 0.15) is 0 Å². The SMILES string of the molecule is Nc1ccn2c(c1)nc1cc([125I])ccc12. The highest BCUT2D eigenvalue weighted by Crippen LogP contribution is 2.20. The Morgan fingerprint density at radius 2 is 2.07 bits per heavy atom. The van der Waals surface area contributed by atoms with Gasteiger partial charge in [0.2, 0.25) is 0 Å². The maximum Gasteiger partial charge on any atom is 0.139 e. The molecule has 0 bridgehead atoms. The van der Waals surface area contributed by atoms with Gasteiger partial charge >= 0.3 is 0 Å². The quantitative estimate of drug-likeness (QED) is 0.649. The number of rotatable bonds is 0. The Balaban J connectivity index is 2.51. The van der Waals surface area contributed by atoms with E-state index < -0.39 is 0 Å². The van der Waals surface area contributed by atoms with Crippen LogP contribution in [0.5, 0.6) is 0 Å². The van der Waals surface area contributed by atoms with Crippen LogP contribution in [0, 0.1) is 3.57 Å². The van der Waals surface area contributed by atoms with Crippen LogP contribution in [-0.4, -0.2) is 9.38 Å². The number of halogens is 1. The predicted molar refractivity (Wildman–Crippen MR) is 69.8 cm³/mol. The average molecular weight is 307 g/mol. The predicted octanol–water partition coefficient (Wildman–Crippen LogP) is 2.67. The van der Waals surface area contributed by atoms with Gasteiger partial charge in [-0.3, -0.25) is 4.40 Å². The van der Waals surface area contributed by atoms with Gasteiger partial charge in [0.05, 0.1) is 11.0 Å². The van der Waals surface area contributed by atoms with Crippen LogP contribution < -0.4 is 5.73 Å². The summed E-state index contributed by atoms with van der Waals surface area (Å²) in [5, 5.41) is 0. The van der Waals surface area contributed by atoms with Crippen LogP contribution in [0.2, 0.25) is 0 Å². The Morgan fingerprint density at radius 1 is 1.20 bits per heavy atom. The number of hydrogen-bond donors (Lipinski definition) is 1. The molecule has 2 N–H and O–H groups in total. The molecule has 2 aromatic heterocycles. The summed E-state index contributed by atoms with van der Waals surface area (Å²) >= 11 is 2.29. The Kier molecular flexibility index (Phi) is 1.85. The third-order valence-electron chi connectivity index (χ3n) is 2.39. The van der Waals surface area contributed by atoms with Crippen molar-refractivity contribution in [2.24, 2.45) is 0 Å². The fraction of sp³-hybridized carbons (Fsp3) is 0. The smallest absolute Gasteiger partial charge is 0.139 e. The number of anilines is 1. The third-order valence-corrected chi connectivity index (χ3v) is 3.06. The van der Waals surface area contributed by atoms with Crippen molar-refractivity contribution in [1.82, 2.24) is 9.38 Å². The van der Waals surface area contributed by atoms with E-state index in [1.54, 1.807) is 0 Å². The van der Waals surface area contributed by atoms with Crippen molar-refractivity contribution in [2.75, 3.05) is 5.73 Å². The lowest BCUT2D eigenvalue weighted by Gasteiger charge is -1.96. The summed E-state index contributed by atoms with van der Waals surface area (Å²) in [5.74, 6) is 0. The molecule has 2 heterocycles. The van der Waals surface area contributed by atoms with Gasteiger partial charge in [-0.1, -0.05) is 0 Å². The van der Waals surface area contributed by atoms with Crippen LogP contribution in [0.4, 0.5) is 5.69 Å². The minimum atomic E-state index is 0.743. The van der Waals surface area contributed by atoms with Gasteiger partial charge in [-0.25, -0.2) is 4.98 Å². The van der Waals surface area contributed by atoms with E-state index in [-0.39, 0.29) is 0 Å². The van der Waals surface area contributed by atoms with Gasteiger partial charge in [0.1, 0.15) is 5.65 Å². The standard InChI is InChI=1S/C11H8IN3/c12-7-1-2-10-9(5-7)14-11-6-8(13)3-4-15(10)11/h1-6H,13H2/i12-2. The van der Waals surface area contributed by atoms with Gasteiger partial charge in [-0.15, -0.1) is 0 Å². The molecule has 3 rings (SSSR count). The molecule has 0 spiro atoms. The molecule has 0 saturated heterocycles. The highest BCUT2D eigenvalue weighted by atomic mass is 125. The first kappa shape index (κ1) is 8.96. The summed E-state index contributed by atoms with van der Waals surface area (Å²) in [5.41, 5.74) is 9.48. The fourth-order valence-corrected chi connectivity index (χ4v) is 2.18. The molecule has 0 radical (unpaired) electrons. The molecule has 0 unspecified atom stereocenters. The molecule has 0 aliphatic carbocycles. The van der Waals surface area contributed by atoms with Crippen LogP contribution in [0.15, 0.2) is 36.5 Å². The lowest BCUT2D eigenvalue weighted by Crippen LogP contribution is -1.88. The second kappa shape index (κ2) is 3.10. The number of fused-ring (bicyclic) bond motifs is 3. The van der Waals surface area contributed by atoms with E-state index in [1.807, 2.05) is 22.7 Å². The second-order valence-electron chi connectivity index (χ2n) is 3.43. The molecular formula is C11H8IN3. The minimum absolute atomic E-state index is 0.743. The van der Waals surface area contributed by atoms with Crippen molar-refractivity contribution in [3.05, 3.63) is 40.1 Å².